The van der Waals surface area contributed by atoms with Gasteiger partial charge in [0, 0.05) is 18.7 Å². The Labute approximate surface area is 169 Å². The van der Waals surface area contributed by atoms with E-state index in [9.17, 15) is 10.1 Å². The molecule has 1 amide bonds. The molecule has 0 N–H and O–H groups in total. The van der Waals surface area contributed by atoms with Gasteiger partial charge in [-0.15, -0.1) is 0 Å². The van der Waals surface area contributed by atoms with Crippen molar-refractivity contribution in [3.05, 3.63) is 47.3 Å². The topological polar surface area (TPSA) is 104 Å². The molecule has 1 fully saturated rings. The van der Waals surface area contributed by atoms with E-state index in [4.69, 9.17) is 14.7 Å². The van der Waals surface area contributed by atoms with Crippen molar-refractivity contribution in [3.63, 3.8) is 0 Å². The van der Waals surface area contributed by atoms with Crippen molar-refractivity contribution in [2.45, 2.75) is 45.4 Å². The third-order valence-electron chi connectivity index (χ3n) is 4.76. The van der Waals surface area contributed by atoms with Gasteiger partial charge in [-0.3, -0.25) is 4.68 Å². The minimum Gasteiger partial charge on any atom is -0.489 e. The van der Waals surface area contributed by atoms with Gasteiger partial charge >= 0.3 is 6.09 Å². The summed E-state index contributed by atoms with van der Waals surface area (Å²) in [7, 11) is 0. The molecule has 0 spiro atoms. The fourth-order valence-corrected chi connectivity index (χ4v) is 3.26. The number of carbonyl (C=O) groups is 1. The second kappa shape index (κ2) is 9.11. The standard InChI is InChI=1S/C21H23N5O3/c1-15(2)29-21(27)25-9-7-18(8-10-25)26-20(12-23)17(13-24-26)14-28-19-5-3-16(11-22)4-6-19/h3-6,13,15,18H,7-10,14H2,1-2H3. The highest BCUT2D eigenvalue weighted by atomic mass is 16.6. The largest absolute Gasteiger partial charge is 0.489 e. The lowest BCUT2D eigenvalue weighted by atomic mass is 10.1. The number of hydrogen-bond acceptors (Lipinski definition) is 6. The van der Waals surface area contributed by atoms with Gasteiger partial charge in [-0.05, 0) is 51.0 Å². The van der Waals surface area contributed by atoms with Crippen LogP contribution in [0.4, 0.5) is 4.79 Å². The average Bonchev–Trinajstić information content (AvgIpc) is 3.15. The van der Waals surface area contributed by atoms with Crippen molar-refractivity contribution in [2.24, 2.45) is 0 Å². The molecule has 0 aliphatic carbocycles. The normalized spacial score (nSPS) is 14.3. The molecular formula is C21H23N5O3. The molecule has 0 radical (unpaired) electrons. The molecule has 1 aromatic heterocycles. The number of carbonyl (C=O) groups excluding carboxylic acids is 1. The number of piperidine rings is 1. The fourth-order valence-electron chi connectivity index (χ4n) is 3.26. The van der Waals surface area contributed by atoms with Crippen molar-refractivity contribution >= 4 is 6.09 Å². The van der Waals surface area contributed by atoms with Gasteiger partial charge in [0.15, 0.2) is 0 Å². The molecule has 150 valence electrons. The predicted octanol–water partition coefficient (Wildman–Crippen LogP) is 3.39. The molecule has 8 nitrogen and oxygen atoms in total. The molecule has 1 aromatic carbocycles. The summed E-state index contributed by atoms with van der Waals surface area (Å²) in [5, 5.41) is 22.9. The van der Waals surface area contributed by atoms with Gasteiger partial charge in [0.1, 0.15) is 24.1 Å². The Balaban J connectivity index is 1.62. The van der Waals surface area contributed by atoms with Crippen molar-refractivity contribution < 1.29 is 14.3 Å². The number of rotatable bonds is 5. The molecule has 1 aliphatic heterocycles. The minimum atomic E-state index is -0.295. The fraction of sp³-hybridized carbons (Fsp3) is 0.429. The molecule has 3 rings (SSSR count). The third-order valence-corrected chi connectivity index (χ3v) is 4.76. The number of benzene rings is 1. The summed E-state index contributed by atoms with van der Waals surface area (Å²) in [5.74, 6) is 0.623. The summed E-state index contributed by atoms with van der Waals surface area (Å²) in [6, 6.07) is 11.2. The summed E-state index contributed by atoms with van der Waals surface area (Å²) in [5.41, 5.74) is 1.74. The van der Waals surface area contributed by atoms with E-state index in [1.807, 2.05) is 13.8 Å². The Morgan fingerprint density at radius 2 is 1.90 bits per heavy atom. The van der Waals surface area contributed by atoms with Gasteiger partial charge in [-0.2, -0.15) is 15.6 Å². The second-order valence-corrected chi connectivity index (χ2v) is 7.15. The van der Waals surface area contributed by atoms with E-state index in [2.05, 4.69) is 17.2 Å². The number of nitrogens with zero attached hydrogens (tertiary/aromatic N) is 5. The number of amides is 1. The Morgan fingerprint density at radius 1 is 1.21 bits per heavy atom. The van der Waals surface area contributed by atoms with Crippen molar-refractivity contribution in [2.75, 3.05) is 13.1 Å². The summed E-state index contributed by atoms with van der Waals surface area (Å²) >= 11 is 0. The Hall–Kier alpha value is -3.52. The number of likely N-dealkylation sites (tertiary alicyclic amines) is 1. The number of aromatic nitrogens is 2. The average molecular weight is 393 g/mol. The predicted molar refractivity (Wildman–Crippen MR) is 104 cm³/mol. The minimum absolute atomic E-state index is 0.0522. The smallest absolute Gasteiger partial charge is 0.410 e. The van der Waals surface area contributed by atoms with Crippen LogP contribution in [-0.4, -0.2) is 40.0 Å². The molecule has 1 aliphatic rings. The first-order valence-corrected chi connectivity index (χ1v) is 9.56. The molecule has 0 saturated carbocycles. The lowest BCUT2D eigenvalue weighted by Gasteiger charge is -2.32. The molecular weight excluding hydrogens is 370 g/mol. The highest BCUT2D eigenvalue weighted by Gasteiger charge is 2.27. The molecule has 2 aromatic rings. The zero-order valence-corrected chi connectivity index (χ0v) is 16.5. The maximum absolute atomic E-state index is 12.0. The van der Waals surface area contributed by atoms with E-state index in [1.54, 1.807) is 40.0 Å². The van der Waals surface area contributed by atoms with Gasteiger partial charge in [0.05, 0.1) is 30.0 Å². The molecule has 0 bridgehead atoms. The summed E-state index contributed by atoms with van der Waals surface area (Å²) in [6.45, 7) is 5.01. The highest BCUT2D eigenvalue weighted by molar-refractivity contribution is 5.67. The van der Waals surface area contributed by atoms with Gasteiger partial charge < -0.3 is 14.4 Å². The van der Waals surface area contributed by atoms with E-state index < -0.39 is 0 Å². The maximum atomic E-state index is 12.0. The maximum Gasteiger partial charge on any atom is 0.410 e. The molecule has 29 heavy (non-hydrogen) atoms. The molecule has 0 unspecified atom stereocenters. The number of nitriles is 2. The Bertz CT molecular complexity index is 929. The van der Waals surface area contributed by atoms with E-state index >= 15 is 0 Å². The second-order valence-electron chi connectivity index (χ2n) is 7.15. The molecule has 0 atom stereocenters. The van der Waals surface area contributed by atoms with Crippen molar-refractivity contribution in [1.29, 1.82) is 10.5 Å². The van der Waals surface area contributed by atoms with Crippen LogP contribution in [0.2, 0.25) is 0 Å². The third kappa shape index (κ3) is 4.85. The van der Waals surface area contributed by atoms with Gasteiger partial charge in [-0.1, -0.05) is 0 Å². The van der Waals surface area contributed by atoms with Crippen LogP contribution in [0.5, 0.6) is 5.75 Å². The first-order chi connectivity index (χ1) is 14.0. The first kappa shape index (κ1) is 20.2. The quantitative estimate of drug-likeness (QED) is 0.771. The van der Waals surface area contributed by atoms with Crippen LogP contribution in [0, 0.1) is 22.7 Å². The van der Waals surface area contributed by atoms with Crippen molar-refractivity contribution in [3.8, 4) is 17.9 Å². The number of hydrogen-bond donors (Lipinski definition) is 0. The molecule has 1 saturated heterocycles. The van der Waals surface area contributed by atoms with Crippen LogP contribution in [0.15, 0.2) is 30.5 Å². The first-order valence-electron chi connectivity index (χ1n) is 9.56. The van der Waals surface area contributed by atoms with E-state index in [-0.39, 0.29) is 24.8 Å². The van der Waals surface area contributed by atoms with Gasteiger partial charge in [0.25, 0.3) is 0 Å². The van der Waals surface area contributed by atoms with Crippen LogP contribution >= 0.6 is 0 Å². The van der Waals surface area contributed by atoms with Crippen LogP contribution in [0.1, 0.15) is 49.6 Å². The lowest BCUT2D eigenvalue weighted by molar-refractivity contribution is 0.0652. The monoisotopic (exact) mass is 393 g/mol. The Morgan fingerprint density at radius 3 is 2.48 bits per heavy atom. The van der Waals surface area contributed by atoms with Crippen LogP contribution in [-0.2, 0) is 11.3 Å². The zero-order chi connectivity index (χ0) is 20.8. The van der Waals surface area contributed by atoms with Crippen LogP contribution in [0.25, 0.3) is 0 Å². The zero-order valence-electron chi connectivity index (χ0n) is 16.5. The summed E-state index contributed by atoms with van der Waals surface area (Å²) in [6.07, 6.45) is 2.63. The van der Waals surface area contributed by atoms with Crippen molar-refractivity contribution in [1.82, 2.24) is 14.7 Å². The van der Waals surface area contributed by atoms with E-state index in [1.165, 1.54) is 0 Å². The summed E-state index contributed by atoms with van der Waals surface area (Å²) < 4.78 is 12.7. The summed E-state index contributed by atoms with van der Waals surface area (Å²) in [4.78, 5) is 13.7. The lowest BCUT2D eigenvalue weighted by Crippen LogP contribution is -2.40. The SMILES string of the molecule is CC(C)OC(=O)N1CCC(n2ncc(COc3ccc(C#N)cc3)c2C#N)CC1. The Kier molecular flexibility index (Phi) is 6.36. The van der Waals surface area contributed by atoms with Crippen LogP contribution < -0.4 is 4.74 Å². The highest BCUT2D eigenvalue weighted by Crippen LogP contribution is 2.26. The van der Waals surface area contributed by atoms with Gasteiger partial charge in [0.2, 0.25) is 0 Å². The number of ether oxygens (including phenoxy) is 2. The van der Waals surface area contributed by atoms with E-state index in [0.717, 1.165) is 0 Å². The molecule has 8 heteroatoms. The van der Waals surface area contributed by atoms with Gasteiger partial charge in [-0.25, -0.2) is 4.79 Å². The molecule has 2 heterocycles. The van der Waals surface area contributed by atoms with Crippen LogP contribution in [0.3, 0.4) is 0 Å². The van der Waals surface area contributed by atoms with E-state index in [0.29, 0.717) is 48.5 Å².